The first-order valence-corrected chi connectivity index (χ1v) is 17.5. The number of amidine groups is 2. The third kappa shape index (κ3) is 4.56. The molecule has 8 aromatic carbocycles. The Morgan fingerprint density at radius 3 is 1.73 bits per heavy atom. The third-order valence-electron chi connectivity index (χ3n) is 10.3. The lowest BCUT2D eigenvalue weighted by molar-refractivity contribution is 0.668. The number of para-hydroxylation sites is 2. The normalized spacial score (nSPS) is 14.7. The SMILES string of the molecule is c1ccc2cc(C3=NC(c4cc(-c5ccc6ccccc6c5)cc5oc6ccccc6c45)N=C(c4cccc5oc6ccccc6c45)N3)ccc2c1. The van der Waals surface area contributed by atoms with Crippen LogP contribution in [0.25, 0.3) is 76.5 Å². The molecule has 1 atom stereocenters. The average molecular weight is 668 g/mol. The number of benzene rings is 8. The molecule has 2 aromatic heterocycles. The van der Waals surface area contributed by atoms with Crippen LogP contribution < -0.4 is 5.32 Å². The van der Waals surface area contributed by atoms with Gasteiger partial charge in [0.15, 0.2) is 6.17 Å². The molecule has 0 radical (unpaired) electrons. The molecule has 0 saturated heterocycles. The van der Waals surface area contributed by atoms with Gasteiger partial charge < -0.3 is 14.2 Å². The predicted octanol–water partition coefficient (Wildman–Crippen LogP) is 12.0. The first kappa shape index (κ1) is 28.8. The van der Waals surface area contributed by atoms with E-state index in [1.54, 1.807) is 0 Å². The van der Waals surface area contributed by atoms with Crippen molar-refractivity contribution in [2.75, 3.05) is 0 Å². The molecule has 5 nitrogen and oxygen atoms in total. The van der Waals surface area contributed by atoms with E-state index in [4.69, 9.17) is 18.8 Å². The van der Waals surface area contributed by atoms with Gasteiger partial charge in [-0.1, -0.05) is 121 Å². The van der Waals surface area contributed by atoms with E-state index in [0.29, 0.717) is 0 Å². The van der Waals surface area contributed by atoms with Crippen LogP contribution in [0.3, 0.4) is 0 Å². The Kier molecular flexibility index (Phi) is 6.25. The smallest absolute Gasteiger partial charge is 0.170 e. The molecular weight excluding hydrogens is 639 g/mol. The Labute approximate surface area is 298 Å². The molecule has 0 spiro atoms. The maximum atomic E-state index is 6.58. The fraction of sp³-hybridized carbons (Fsp3) is 0.0213. The molecule has 1 unspecified atom stereocenters. The second kappa shape index (κ2) is 11.3. The number of rotatable bonds is 4. The summed E-state index contributed by atoms with van der Waals surface area (Å²) in [7, 11) is 0. The second-order valence-electron chi connectivity index (χ2n) is 13.4. The van der Waals surface area contributed by atoms with Crippen molar-refractivity contribution in [3.05, 3.63) is 180 Å². The minimum Gasteiger partial charge on any atom is -0.456 e. The van der Waals surface area contributed by atoms with Gasteiger partial charge in [0.1, 0.15) is 34.0 Å². The molecule has 52 heavy (non-hydrogen) atoms. The largest absolute Gasteiger partial charge is 0.456 e. The standard InChI is InChI=1S/C47H29N3O2/c1-3-12-30-24-32(22-20-28(30)10-1)34-26-38(44-36-15-6-8-18-40(36)52-42(44)27-34)47-49-45(33-23-21-29-11-2-4-13-31(29)25-33)48-46(50-47)37-16-9-19-41-43(37)35-14-5-7-17-39(35)51-41/h1-27,47H,(H,48,49,50). The fourth-order valence-electron chi connectivity index (χ4n) is 7.81. The van der Waals surface area contributed by atoms with Crippen molar-refractivity contribution in [3.8, 4) is 11.1 Å². The zero-order chi connectivity index (χ0) is 34.2. The molecular formula is C47H29N3O2. The van der Waals surface area contributed by atoms with E-state index in [1.165, 1.54) is 16.2 Å². The van der Waals surface area contributed by atoms with E-state index in [0.717, 1.165) is 88.8 Å². The molecule has 0 fully saturated rings. The highest BCUT2D eigenvalue weighted by molar-refractivity contribution is 6.24. The summed E-state index contributed by atoms with van der Waals surface area (Å²) in [6.45, 7) is 0. The fourth-order valence-corrected chi connectivity index (χ4v) is 7.81. The summed E-state index contributed by atoms with van der Waals surface area (Å²) in [4.78, 5) is 10.9. The van der Waals surface area contributed by atoms with Crippen molar-refractivity contribution < 1.29 is 8.83 Å². The van der Waals surface area contributed by atoms with E-state index >= 15 is 0 Å². The number of nitrogens with zero attached hydrogens (tertiary/aromatic N) is 2. The third-order valence-corrected chi connectivity index (χ3v) is 10.3. The highest BCUT2D eigenvalue weighted by atomic mass is 16.3. The average Bonchev–Trinajstić information content (AvgIpc) is 3.78. The predicted molar refractivity (Wildman–Crippen MR) is 213 cm³/mol. The molecule has 10 aromatic rings. The van der Waals surface area contributed by atoms with Crippen molar-refractivity contribution in [3.63, 3.8) is 0 Å². The Balaban J connectivity index is 1.18. The molecule has 0 bridgehead atoms. The van der Waals surface area contributed by atoms with Crippen LogP contribution in [0.2, 0.25) is 0 Å². The van der Waals surface area contributed by atoms with Crippen LogP contribution in [0, 0.1) is 0 Å². The molecule has 1 aliphatic rings. The quantitative estimate of drug-likeness (QED) is 0.203. The van der Waals surface area contributed by atoms with Crippen molar-refractivity contribution in [2.45, 2.75) is 6.17 Å². The topological polar surface area (TPSA) is 63.0 Å². The second-order valence-corrected chi connectivity index (χ2v) is 13.4. The molecule has 0 aliphatic carbocycles. The lowest BCUT2D eigenvalue weighted by atomic mass is 9.95. The van der Waals surface area contributed by atoms with Crippen LogP contribution in [0.4, 0.5) is 0 Å². The van der Waals surface area contributed by atoms with Gasteiger partial charge in [-0.3, -0.25) is 0 Å². The van der Waals surface area contributed by atoms with Crippen LogP contribution >= 0.6 is 0 Å². The molecule has 1 N–H and O–H groups in total. The number of nitrogens with one attached hydrogen (secondary N) is 1. The van der Waals surface area contributed by atoms with E-state index < -0.39 is 6.17 Å². The highest BCUT2D eigenvalue weighted by Gasteiger charge is 2.27. The number of furan rings is 2. The van der Waals surface area contributed by atoms with Gasteiger partial charge in [0.2, 0.25) is 0 Å². The van der Waals surface area contributed by atoms with Crippen molar-refractivity contribution in [2.24, 2.45) is 9.98 Å². The van der Waals surface area contributed by atoms with Gasteiger partial charge in [-0.05, 0) is 75.1 Å². The molecule has 5 heteroatoms. The van der Waals surface area contributed by atoms with E-state index in [2.05, 4.69) is 127 Å². The summed E-state index contributed by atoms with van der Waals surface area (Å²) < 4.78 is 12.9. The maximum absolute atomic E-state index is 6.58. The number of hydrogen-bond acceptors (Lipinski definition) is 5. The van der Waals surface area contributed by atoms with Crippen molar-refractivity contribution >= 4 is 77.1 Å². The van der Waals surface area contributed by atoms with Crippen LogP contribution in [0.5, 0.6) is 0 Å². The van der Waals surface area contributed by atoms with Crippen LogP contribution in [0.1, 0.15) is 22.9 Å². The van der Waals surface area contributed by atoms with E-state index in [1.807, 2.05) is 42.5 Å². The zero-order valence-electron chi connectivity index (χ0n) is 27.9. The minimum atomic E-state index is -0.574. The zero-order valence-corrected chi connectivity index (χ0v) is 27.9. The summed E-state index contributed by atoms with van der Waals surface area (Å²) in [5.74, 6) is 1.49. The minimum absolute atomic E-state index is 0.574. The monoisotopic (exact) mass is 667 g/mol. The van der Waals surface area contributed by atoms with Gasteiger partial charge in [0.25, 0.3) is 0 Å². The Morgan fingerprint density at radius 1 is 0.404 bits per heavy atom. The van der Waals surface area contributed by atoms with Gasteiger partial charge >= 0.3 is 0 Å². The van der Waals surface area contributed by atoms with Gasteiger partial charge in [-0.2, -0.15) is 0 Å². The molecule has 0 amide bonds. The van der Waals surface area contributed by atoms with Gasteiger partial charge in [0, 0.05) is 38.2 Å². The number of hydrogen-bond donors (Lipinski definition) is 1. The van der Waals surface area contributed by atoms with Gasteiger partial charge in [-0.25, -0.2) is 9.98 Å². The summed E-state index contributed by atoms with van der Waals surface area (Å²) in [5, 5.41) is 12.5. The van der Waals surface area contributed by atoms with Crippen molar-refractivity contribution in [1.29, 1.82) is 0 Å². The Bertz CT molecular complexity index is 3130. The number of aliphatic imine (C=N–C) groups is 2. The summed E-state index contributed by atoms with van der Waals surface area (Å²) in [6.07, 6.45) is -0.574. The Morgan fingerprint density at radius 2 is 0.981 bits per heavy atom. The molecule has 3 heterocycles. The van der Waals surface area contributed by atoms with E-state index in [-0.39, 0.29) is 0 Å². The molecule has 1 aliphatic heterocycles. The lowest BCUT2D eigenvalue weighted by Crippen LogP contribution is -2.36. The summed E-state index contributed by atoms with van der Waals surface area (Å²) in [5.41, 5.74) is 8.38. The first-order chi connectivity index (χ1) is 25.7. The van der Waals surface area contributed by atoms with Crippen LogP contribution in [-0.4, -0.2) is 11.7 Å². The van der Waals surface area contributed by atoms with E-state index in [9.17, 15) is 0 Å². The van der Waals surface area contributed by atoms with Gasteiger partial charge in [-0.15, -0.1) is 0 Å². The van der Waals surface area contributed by atoms with Gasteiger partial charge in [0.05, 0.1) is 0 Å². The molecule has 244 valence electrons. The first-order valence-electron chi connectivity index (χ1n) is 17.5. The van der Waals surface area contributed by atoms with Crippen LogP contribution in [0.15, 0.2) is 183 Å². The lowest BCUT2D eigenvalue weighted by Gasteiger charge is -2.24. The highest BCUT2D eigenvalue weighted by Crippen LogP contribution is 2.41. The maximum Gasteiger partial charge on any atom is 0.170 e. The molecule has 11 rings (SSSR count). The summed E-state index contributed by atoms with van der Waals surface area (Å²) in [6, 6.07) is 56.9. The van der Waals surface area contributed by atoms with Crippen LogP contribution in [-0.2, 0) is 0 Å². The molecule has 0 saturated carbocycles. The Hall–Kier alpha value is -6.98. The van der Waals surface area contributed by atoms with Crippen molar-refractivity contribution in [1.82, 2.24) is 5.32 Å². The summed E-state index contributed by atoms with van der Waals surface area (Å²) >= 11 is 0. The number of fused-ring (bicyclic) bond motifs is 8.